The second kappa shape index (κ2) is 6.35. The topological polar surface area (TPSA) is 69.8 Å². The van der Waals surface area contributed by atoms with Gasteiger partial charge in [0, 0.05) is 12.6 Å². The van der Waals surface area contributed by atoms with Gasteiger partial charge in [-0.2, -0.15) is 0 Å². The third-order valence-electron chi connectivity index (χ3n) is 3.72. The number of aliphatic hydroxyl groups excluding tert-OH is 2. The third-order valence-corrected chi connectivity index (χ3v) is 3.72. The van der Waals surface area contributed by atoms with Gasteiger partial charge in [-0.25, -0.2) is 4.79 Å². The summed E-state index contributed by atoms with van der Waals surface area (Å²) in [6, 6.07) is 9.87. The van der Waals surface area contributed by atoms with Gasteiger partial charge < -0.3 is 14.9 Å². The maximum absolute atomic E-state index is 11.4. The summed E-state index contributed by atoms with van der Waals surface area (Å²) in [5.41, 5.74) is 1.15. The van der Waals surface area contributed by atoms with Gasteiger partial charge in [-0.15, -0.1) is 0 Å². The van der Waals surface area contributed by atoms with Crippen molar-refractivity contribution in [2.75, 3.05) is 13.2 Å². The van der Waals surface area contributed by atoms with Crippen LogP contribution in [-0.2, 0) is 9.53 Å². The van der Waals surface area contributed by atoms with Crippen LogP contribution in [0, 0.1) is 0 Å². The molecule has 1 saturated heterocycles. The highest BCUT2D eigenvalue weighted by Crippen LogP contribution is 2.34. The van der Waals surface area contributed by atoms with E-state index in [1.165, 1.54) is 0 Å². The van der Waals surface area contributed by atoms with E-state index in [4.69, 9.17) is 4.74 Å². The fourth-order valence-corrected chi connectivity index (χ4v) is 2.42. The molecule has 1 heterocycles. The number of aliphatic hydroxyl groups is 2. The first kappa shape index (κ1) is 15.0. The lowest BCUT2D eigenvalue weighted by atomic mass is 10.1. The highest BCUT2D eigenvalue weighted by molar-refractivity contribution is 5.75. The van der Waals surface area contributed by atoms with Crippen molar-refractivity contribution in [1.82, 2.24) is 4.90 Å². The predicted octanol–water partition coefficient (Wildman–Crippen LogP) is 0.717. The van der Waals surface area contributed by atoms with Gasteiger partial charge in [0.25, 0.3) is 0 Å². The highest BCUT2D eigenvalue weighted by Gasteiger charge is 2.47. The lowest BCUT2D eigenvalue weighted by Crippen LogP contribution is -2.40. The van der Waals surface area contributed by atoms with Gasteiger partial charge in [0.1, 0.15) is 6.10 Å². The summed E-state index contributed by atoms with van der Waals surface area (Å²) in [6.07, 6.45) is -2.59. The van der Waals surface area contributed by atoms with Gasteiger partial charge in [0.15, 0.2) is 6.10 Å². The van der Waals surface area contributed by atoms with Crippen LogP contribution in [0.4, 0.5) is 0 Å². The SMILES string of the molecule is CCOC(=O)[C@H](O)[C@@H](O)C1CN1[C@H](C)c1ccccc1. The highest BCUT2D eigenvalue weighted by atomic mass is 16.5. The number of carbonyl (C=O) groups is 1. The number of benzene rings is 1. The van der Waals surface area contributed by atoms with E-state index >= 15 is 0 Å². The molecular weight excluding hydrogens is 258 g/mol. The summed E-state index contributed by atoms with van der Waals surface area (Å²) in [6.45, 7) is 4.56. The molecule has 0 bridgehead atoms. The fraction of sp³-hybridized carbons (Fsp3) is 0.533. The molecule has 1 aromatic rings. The first-order chi connectivity index (χ1) is 9.56. The molecule has 5 nitrogen and oxygen atoms in total. The third kappa shape index (κ3) is 3.17. The van der Waals surface area contributed by atoms with Crippen molar-refractivity contribution in [1.29, 1.82) is 0 Å². The first-order valence-corrected chi connectivity index (χ1v) is 6.89. The molecule has 1 aromatic carbocycles. The van der Waals surface area contributed by atoms with Gasteiger partial charge in [-0.05, 0) is 19.4 Å². The number of carbonyl (C=O) groups excluding carboxylic acids is 1. The zero-order valence-corrected chi connectivity index (χ0v) is 11.8. The van der Waals surface area contributed by atoms with Crippen molar-refractivity contribution in [3.63, 3.8) is 0 Å². The van der Waals surface area contributed by atoms with Crippen LogP contribution in [0.25, 0.3) is 0 Å². The molecule has 2 rings (SSSR count). The Kier molecular flexibility index (Phi) is 4.75. The number of esters is 1. The normalized spacial score (nSPS) is 25.6. The summed E-state index contributed by atoms with van der Waals surface area (Å²) >= 11 is 0. The van der Waals surface area contributed by atoms with E-state index in [1.54, 1.807) is 6.92 Å². The van der Waals surface area contributed by atoms with Crippen LogP contribution in [0.1, 0.15) is 25.5 Å². The van der Waals surface area contributed by atoms with Crippen LogP contribution >= 0.6 is 0 Å². The standard InChI is InChI=1S/C15H21NO4/c1-3-20-15(19)14(18)13(17)12-9-16(12)10(2)11-7-5-4-6-8-11/h4-8,10,12-14,17-18H,3,9H2,1-2H3/t10-,12?,13+,14-,16?/m1/s1. The van der Waals surface area contributed by atoms with Gasteiger partial charge >= 0.3 is 5.97 Å². The summed E-state index contributed by atoms with van der Waals surface area (Å²) in [4.78, 5) is 13.5. The Balaban J connectivity index is 1.92. The summed E-state index contributed by atoms with van der Waals surface area (Å²) in [5.74, 6) is -0.765. The van der Waals surface area contributed by atoms with E-state index in [0.29, 0.717) is 6.54 Å². The number of ether oxygens (including phenoxy) is 1. The second-order valence-corrected chi connectivity index (χ2v) is 5.04. The largest absolute Gasteiger partial charge is 0.464 e. The summed E-state index contributed by atoms with van der Waals surface area (Å²) < 4.78 is 4.72. The fourth-order valence-electron chi connectivity index (χ4n) is 2.42. The monoisotopic (exact) mass is 279 g/mol. The minimum atomic E-state index is -1.48. The molecule has 20 heavy (non-hydrogen) atoms. The second-order valence-electron chi connectivity index (χ2n) is 5.04. The molecule has 0 saturated carbocycles. The van der Waals surface area contributed by atoms with Crippen LogP contribution in [0.5, 0.6) is 0 Å². The average molecular weight is 279 g/mol. The van der Waals surface area contributed by atoms with Gasteiger partial charge in [0.2, 0.25) is 0 Å². The van der Waals surface area contributed by atoms with E-state index in [1.807, 2.05) is 42.2 Å². The molecule has 1 aliphatic heterocycles. The van der Waals surface area contributed by atoms with Crippen molar-refractivity contribution < 1.29 is 19.7 Å². The Morgan fingerprint density at radius 1 is 1.40 bits per heavy atom. The van der Waals surface area contributed by atoms with Crippen LogP contribution in [-0.4, -0.2) is 52.5 Å². The summed E-state index contributed by atoms with van der Waals surface area (Å²) in [5, 5.41) is 19.8. The quantitative estimate of drug-likeness (QED) is 0.593. The lowest BCUT2D eigenvalue weighted by molar-refractivity contribution is -0.159. The van der Waals surface area contributed by atoms with Crippen molar-refractivity contribution in [3.05, 3.63) is 35.9 Å². The molecule has 2 unspecified atom stereocenters. The zero-order chi connectivity index (χ0) is 14.7. The molecule has 0 aliphatic carbocycles. The molecule has 1 fully saturated rings. The molecule has 0 aromatic heterocycles. The molecule has 0 spiro atoms. The van der Waals surface area contributed by atoms with E-state index in [0.717, 1.165) is 5.56 Å². The Morgan fingerprint density at radius 3 is 2.65 bits per heavy atom. The van der Waals surface area contributed by atoms with Crippen molar-refractivity contribution >= 4 is 5.97 Å². The zero-order valence-electron chi connectivity index (χ0n) is 11.8. The predicted molar refractivity (Wildman–Crippen MR) is 74.0 cm³/mol. The Labute approximate surface area is 118 Å². The Morgan fingerprint density at radius 2 is 2.05 bits per heavy atom. The number of hydrogen-bond donors (Lipinski definition) is 2. The van der Waals surface area contributed by atoms with Crippen LogP contribution < -0.4 is 0 Å². The van der Waals surface area contributed by atoms with E-state index in [2.05, 4.69) is 0 Å². The molecule has 5 heteroatoms. The van der Waals surface area contributed by atoms with Crippen LogP contribution in [0.15, 0.2) is 30.3 Å². The van der Waals surface area contributed by atoms with E-state index in [-0.39, 0.29) is 18.7 Å². The van der Waals surface area contributed by atoms with Crippen LogP contribution in [0.2, 0.25) is 0 Å². The molecule has 0 amide bonds. The number of nitrogens with zero attached hydrogens (tertiary/aromatic N) is 1. The Hall–Kier alpha value is -1.43. The minimum absolute atomic E-state index is 0.144. The van der Waals surface area contributed by atoms with Gasteiger partial charge in [-0.3, -0.25) is 4.90 Å². The van der Waals surface area contributed by atoms with E-state index < -0.39 is 18.2 Å². The van der Waals surface area contributed by atoms with Gasteiger partial charge in [0.05, 0.1) is 12.6 Å². The van der Waals surface area contributed by atoms with Crippen LogP contribution in [0.3, 0.4) is 0 Å². The number of hydrogen-bond acceptors (Lipinski definition) is 5. The molecule has 5 atom stereocenters. The smallest absolute Gasteiger partial charge is 0.337 e. The van der Waals surface area contributed by atoms with Crippen molar-refractivity contribution in [2.45, 2.75) is 38.1 Å². The molecule has 2 N–H and O–H groups in total. The average Bonchev–Trinajstić information content (AvgIpc) is 3.26. The van der Waals surface area contributed by atoms with Crippen molar-refractivity contribution in [3.8, 4) is 0 Å². The first-order valence-electron chi connectivity index (χ1n) is 6.89. The Bertz CT molecular complexity index is 450. The lowest BCUT2D eigenvalue weighted by Gasteiger charge is -2.19. The number of rotatable bonds is 6. The molecular formula is C15H21NO4. The molecule has 1 aliphatic rings. The minimum Gasteiger partial charge on any atom is -0.464 e. The molecule has 0 radical (unpaired) electrons. The van der Waals surface area contributed by atoms with E-state index in [9.17, 15) is 15.0 Å². The maximum atomic E-state index is 11.4. The van der Waals surface area contributed by atoms with Crippen molar-refractivity contribution in [2.24, 2.45) is 0 Å². The molecule has 110 valence electrons. The van der Waals surface area contributed by atoms with Gasteiger partial charge in [-0.1, -0.05) is 30.3 Å². The summed E-state index contributed by atoms with van der Waals surface area (Å²) in [7, 11) is 0. The maximum Gasteiger partial charge on any atom is 0.337 e.